The lowest BCUT2D eigenvalue weighted by atomic mass is 9.46. The van der Waals surface area contributed by atoms with Crippen LogP contribution in [0.2, 0.25) is 0 Å². The minimum absolute atomic E-state index is 0.0187. The Balaban J connectivity index is 1.55. The number of carbonyl (C=O) groups is 2. The summed E-state index contributed by atoms with van der Waals surface area (Å²) < 4.78 is 12.8. The van der Waals surface area contributed by atoms with Crippen LogP contribution in [-0.4, -0.2) is 47.3 Å². The van der Waals surface area contributed by atoms with Crippen molar-refractivity contribution >= 4 is 11.6 Å². The SMILES string of the molecule is CCCC1OC2CC3C4CCC5=CC(=O)C=CC5(C)C4C(O)CC3(C)C2(C(=O)CN)O1. The molecule has 5 rings (SSSR count). The Morgan fingerprint density at radius 3 is 2.84 bits per heavy atom. The van der Waals surface area contributed by atoms with Gasteiger partial charge in [-0.05, 0) is 56.1 Å². The van der Waals surface area contributed by atoms with Crippen LogP contribution < -0.4 is 5.73 Å². The maximum absolute atomic E-state index is 13.4. The average Bonchev–Trinajstić information content (AvgIpc) is 3.20. The fourth-order valence-corrected chi connectivity index (χ4v) is 8.16. The third-order valence-corrected chi connectivity index (χ3v) is 9.41. The number of aliphatic hydroxyl groups excluding tert-OH is 1. The van der Waals surface area contributed by atoms with Crippen molar-refractivity contribution in [3.63, 3.8) is 0 Å². The first kappa shape index (κ1) is 21.5. The van der Waals surface area contributed by atoms with Crippen molar-refractivity contribution in [3.8, 4) is 0 Å². The maximum atomic E-state index is 13.4. The highest BCUT2D eigenvalue weighted by molar-refractivity contribution is 6.01. The summed E-state index contributed by atoms with van der Waals surface area (Å²) in [4.78, 5) is 25.3. The van der Waals surface area contributed by atoms with E-state index in [1.165, 1.54) is 0 Å². The van der Waals surface area contributed by atoms with Crippen molar-refractivity contribution in [3.05, 3.63) is 23.8 Å². The molecule has 1 heterocycles. The number of Topliss-reactive ketones (excluding diaryl/α,β-unsaturated/α-hetero) is 1. The highest BCUT2D eigenvalue weighted by Crippen LogP contribution is 2.69. The summed E-state index contributed by atoms with van der Waals surface area (Å²) in [5.74, 6) is 0.391. The van der Waals surface area contributed by atoms with E-state index in [4.69, 9.17) is 15.2 Å². The molecule has 3 N–H and O–H groups in total. The predicted octanol–water partition coefficient (Wildman–Crippen LogP) is 2.68. The molecule has 3 saturated carbocycles. The molecule has 0 amide bonds. The molecule has 0 aromatic rings. The lowest BCUT2D eigenvalue weighted by Crippen LogP contribution is -2.64. The monoisotopic (exact) mass is 429 g/mol. The van der Waals surface area contributed by atoms with Crippen LogP contribution in [0.4, 0.5) is 0 Å². The number of rotatable bonds is 4. The van der Waals surface area contributed by atoms with E-state index in [2.05, 4.69) is 20.8 Å². The Morgan fingerprint density at radius 1 is 1.35 bits per heavy atom. The number of fused-ring (bicyclic) bond motifs is 7. The van der Waals surface area contributed by atoms with Gasteiger partial charge < -0.3 is 20.3 Å². The van der Waals surface area contributed by atoms with Crippen molar-refractivity contribution in [2.24, 2.45) is 34.3 Å². The van der Waals surface area contributed by atoms with E-state index < -0.39 is 17.1 Å². The summed E-state index contributed by atoms with van der Waals surface area (Å²) >= 11 is 0. The number of carbonyl (C=O) groups excluding carboxylic acids is 2. The number of ether oxygens (including phenoxy) is 2. The number of aliphatic hydroxyl groups is 1. The van der Waals surface area contributed by atoms with E-state index in [1.54, 1.807) is 12.2 Å². The van der Waals surface area contributed by atoms with Gasteiger partial charge >= 0.3 is 0 Å². The molecular formula is C25H35NO5. The molecule has 31 heavy (non-hydrogen) atoms. The van der Waals surface area contributed by atoms with Gasteiger partial charge in [-0.1, -0.05) is 38.8 Å². The van der Waals surface area contributed by atoms with Crippen molar-refractivity contribution < 1.29 is 24.2 Å². The van der Waals surface area contributed by atoms with Gasteiger partial charge in [-0.2, -0.15) is 0 Å². The van der Waals surface area contributed by atoms with E-state index >= 15 is 0 Å². The number of hydrogen-bond acceptors (Lipinski definition) is 6. The van der Waals surface area contributed by atoms with Gasteiger partial charge in [-0.25, -0.2) is 0 Å². The van der Waals surface area contributed by atoms with E-state index in [1.807, 2.05) is 6.08 Å². The fraction of sp³-hybridized carbons (Fsp3) is 0.760. The number of ketones is 2. The van der Waals surface area contributed by atoms with Crippen LogP contribution in [0.3, 0.4) is 0 Å². The second kappa shape index (κ2) is 7.08. The first-order valence-corrected chi connectivity index (χ1v) is 11.9. The zero-order valence-electron chi connectivity index (χ0n) is 18.8. The molecule has 9 unspecified atom stereocenters. The molecule has 170 valence electrons. The highest BCUT2D eigenvalue weighted by atomic mass is 16.7. The lowest BCUT2D eigenvalue weighted by Gasteiger charge is -2.59. The molecular weight excluding hydrogens is 394 g/mol. The lowest BCUT2D eigenvalue weighted by molar-refractivity contribution is -0.198. The van der Waals surface area contributed by atoms with Crippen molar-refractivity contribution in [2.45, 2.75) is 83.4 Å². The van der Waals surface area contributed by atoms with Crippen LogP contribution >= 0.6 is 0 Å². The average molecular weight is 430 g/mol. The van der Waals surface area contributed by atoms with Gasteiger partial charge in [0.2, 0.25) is 0 Å². The molecule has 4 aliphatic carbocycles. The smallest absolute Gasteiger partial charge is 0.181 e. The van der Waals surface area contributed by atoms with Crippen LogP contribution in [0.15, 0.2) is 23.8 Å². The topological polar surface area (TPSA) is 98.9 Å². The summed E-state index contributed by atoms with van der Waals surface area (Å²) in [5, 5.41) is 11.6. The van der Waals surface area contributed by atoms with Crippen molar-refractivity contribution in [1.29, 1.82) is 0 Å². The molecule has 1 saturated heterocycles. The summed E-state index contributed by atoms with van der Waals surface area (Å²) in [6.07, 6.45) is 8.78. The predicted molar refractivity (Wildman–Crippen MR) is 115 cm³/mol. The number of allylic oxidation sites excluding steroid dienone is 4. The number of nitrogens with two attached hydrogens (primary N) is 1. The molecule has 0 aromatic heterocycles. The zero-order valence-corrected chi connectivity index (χ0v) is 18.8. The third-order valence-electron chi connectivity index (χ3n) is 9.41. The summed E-state index contributed by atoms with van der Waals surface area (Å²) in [7, 11) is 0. The van der Waals surface area contributed by atoms with Crippen LogP contribution in [0.25, 0.3) is 0 Å². The summed E-state index contributed by atoms with van der Waals surface area (Å²) in [5.41, 5.74) is 5.10. The minimum Gasteiger partial charge on any atom is -0.393 e. The fourth-order valence-electron chi connectivity index (χ4n) is 8.16. The molecule has 1 aliphatic heterocycles. The van der Waals surface area contributed by atoms with Gasteiger partial charge in [0.05, 0.1) is 18.8 Å². The zero-order chi connectivity index (χ0) is 22.2. The molecule has 4 fully saturated rings. The standard InChI is InChI=1S/C25H35NO5/c1-4-5-21-30-20-11-17-16-7-6-14-10-15(27)8-9-23(14,2)22(16)18(28)12-24(17,3)25(20,31-21)19(29)13-26/h8-10,16-18,20-22,28H,4-7,11-13,26H2,1-3H3. The van der Waals surface area contributed by atoms with Gasteiger partial charge in [0.25, 0.3) is 0 Å². The Morgan fingerprint density at radius 2 is 2.13 bits per heavy atom. The van der Waals surface area contributed by atoms with E-state index in [0.29, 0.717) is 6.42 Å². The highest BCUT2D eigenvalue weighted by Gasteiger charge is 2.75. The molecule has 0 spiro atoms. The van der Waals surface area contributed by atoms with Gasteiger partial charge in [0, 0.05) is 16.7 Å². The maximum Gasteiger partial charge on any atom is 0.181 e. The summed E-state index contributed by atoms with van der Waals surface area (Å²) in [6.45, 7) is 6.27. The third kappa shape index (κ3) is 2.65. The largest absolute Gasteiger partial charge is 0.393 e. The summed E-state index contributed by atoms with van der Waals surface area (Å²) in [6, 6.07) is 0. The molecule has 9 atom stereocenters. The molecule has 0 radical (unpaired) electrons. The Kier molecular flexibility index (Phi) is 4.91. The van der Waals surface area contributed by atoms with Crippen molar-refractivity contribution in [1.82, 2.24) is 0 Å². The molecule has 6 heteroatoms. The molecule has 0 aromatic carbocycles. The minimum atomic E-state index is -1.08. The van der Waals surface area contributed by atoms with E-state index in [-0.39, 0.29) is 53.7 Å². The van der Waals surface area contributed by atoms with Gasteiger partial charge in [-0.15, -0.1) is 0 Å². The molecule has 6 nitrogen and oxygen atoms in total. The Hall–Kier alpha value is -1.34. The van der Waals surface area contributed by atoms with Crippen LogP contribution in [0.1, 0.15) is 59.3 Å². The first-order chi connectivity index (χ1) is 14.7. The Labute approximate surface area is 184 Å². The quantitative estimate of drug-likeness (QED) is 0.713. The van der Waals surface area contributed by atoms with Gasteiger partial charge in [0.15, 0.2) is 23.5 Å². The molecule has 5 aliphatic rings. The van der Waals surface area contributed by atoms with E-state index in [9.17, 15) is 14.7 Å². The second-order valence-corrected chi connectivity index (χ2v) is 10.8. The number of hydrogen-bond donors (Lipinski definition) is 2. The van der Waals surface area contributed by atoms with E-state index in [0.717, 1.165) is 37.7 Å². The van der Waals surface area contributed by atoms with Gasteiger partial charge in [-0.3, -0.25) is 9.59 Å². The molecule has 0 bridgehead atoms. The normalized spacial score (nSPS) is 50.4. The first-order valence-electron chi connectivity index (χ1n) is 11.9. The van der Waals surface area contributed by atoms with Crippen LogP contribution in [-0.2, 0) is 19.1 Å². The second-order valence-electron chi connectivity index (χ2n) is 10.8. The van der Waals surface area contributed by atoms with Crippen LogP contribution in [0.5, 0.6) is 0 Å². The van der Waals surface area contributed by atoms with Gasteiger partial charge in [0.1, 0.15) is 0 Å². The van der Waals surface area contributed by atoms with Crippen LogP contribution in [0, 0.1) is 28.6 Å². The van der Waals surface area contributed by atoms with Crippen molar-refractivity contribution in [2.75, 3.05) is 6.54 Å². The Bertz CT molecular complexity index is 866.